The van der Waals surface area contributed by atoms with E-state index in [2.05, 4.69) is 5.43 Å². The van der Waals surface area contributed by atoms with E-state index in [-0.39, 0.29) is 17.4 Å². The molecule has 1 N–H and O–H groups in total. The van der Waals surface area contributed by atoms with Crippen LogP contribution in [0.4, 0.5) is 4.39 Å². The lowest BCUT2D eigenvalue weighted by atomic mass is 9.55. The third-order valence-electron chi connectivity index (χ3n) is 6.78. The molecule has 7 rings (SSSR count). The Morgan fingerprint density at radius 3 is 1.58 bits per heavy atom. The minimum atomic E-state index is -0.819. The average Bonchev–Trinajstić information content (AvgIpc) is 3.05. The van der Waals surface area contributed by atoms with E-state index in [0.717, 1.165) is 33.3 Å². The number of halogens is 1. The summed E-state index contributed by atoms with van der Waals surface area (Å²) in [6.45, 7) is 0. The molecule has 1 fully saturated rings. The summed E-state index contributed by atoms with van der Waals surface area (Å²) >= 11 is 0. The summed E-state index contributed by atoms with van der Waals surface area (Å²) in [5, 5.41) is 0.807. The van der Waals surface area contributed by atoms with Gasteiger partial charge in [0.05, 0.1) is 17.4 Å². The number of hydrazine groups is 1. The van der Waals surface area contributed by atoms with Crippen LogP contribution in [0.3, 0.4) is 0 Å². The third kappa shape index (κ3) is 2.33. The first-order valence-corrected chi connectivity index (χ1v) is 10.2. The molecule has 0 aromatic heterocycles. The topological polar surface area (TPSA) is 66.5 Å². The summed E-state index contributed by atoms with van der Waals surface area (Å²) in [7, 11) is 0. The number of rotatable bonds is 2. The molecule has 31 heavy (non-hydrogen) atoms. The predicted octanol–water partition coefficient (Wildman–Crippen LogP) is 3.36. The molecule has 0 unspecified atom stereocenters. The molecule has 0 spiro atoms. The van der Waals surface area contributed by atoms with E-state index >= 15 is 0 Å². The second-order valence-corrected chi connectivity index (χ2v) is 8.20. The van der Waals surface area contributed by atoms with Gasteiger partial charge >= 0.3 is 0 Å². The van der Waals surface area contributed by atoms with Gasteiger partial charge in [-0.3, -0.25) is 19.8 Å². The minimum absolute atomic E-state index is 0.215. The molecule has 1 aliphatic heterocycles. The molecule has 3 amide bonds. The van der Waals surface area contributed by atoms with Crippen LogP contribution in [-0.2, 0) is 9.59 Å². The van der Waals surface area contributed by atoms with Crippen LogP contribution in [0, 0.1) is 17.7 Å². The van der Waals surface area contributed by atoms with Crippen LogP contribution in [0.25, 0.3) is 0 Å². The average molecular weight is 412 g/mol. The first kappa shape index (κ1) is 18.0. The molecule has 0 radical (unpaired) electrons. The Labute approximate surface area is 177 Å². The number of amides is 3. The number of nitrogens with zero attached hydrogens (tertiary/aromatic N) is 1. The lowest BCUT2D eigenvalue weighted by Gasteiger charge is -2.45. The van der Waals surface area contributed by atoms with Gasteiger partial charge < -0.3 is 0 Å². The summed E-state index contributed by atoms with van der Waals surface area (Å²) < 4.78 is 14.0. The molecule has 152 valence electrons. The van der Waals surface area contributed by atoms with Crippen LogP contribution >= 0.6 is 0 Å². The van der Waals surface area contributed by atoms with Crippen molar-refractivity contribution < 1.29 is 18.8 Å². The Morgan fingerprint density at radius 2 is 1.13 bits per heavy atom. The molecular weight excluding hydrogens is 395 g/mol. The van der Waals surface area contributed by atoms with Crippen LogP contribution in [0.15, 0.2) is 72.8 Å². The summed E-state index contributed by atoms with van der Waals surface area (Å²) in [6, 6.07) is 21.3. The minimum Gasteiger partial charge on any atom is -0.272 e. The summed E-state index contributed by atoms with van der Waals surface area (Å²) in [6.07, 6.45) is 0. The van der Waals surface area contributed by atoms with Gasteiger partial charge in [-0.2, -0.15) is 5.01 Å². The Balaban J connectivity index is 1.43. The van der Waals surface area contributed by atoms with Gasteiger partial charge in [-0.05, 0) is 34.4 Å². The Morgan fingerprint density at radius 1 is 0.710 bits per heavy atom. The normalized spacial score (nSPS) is 25.1. The van der Waals surface area contributed by atoms with E-state index in [1.807, 2.05) is 48.5 Å². The van der Waals surface area contributed by atoms with Crippen LogP contribution in [0.2, 0.25) is 0 Å². The van der Waals surface area contributed by atoms with Gasteiger partial charge in [-0.25, -0.2) is 4.39 Å². The molecule has 2 bridgehead atoms. The fourth-order valence-electron chi connectivity index (χ4n) is 5.59. The largest absolute Gasteiger partial charge is 0.273 e. The van der Waals surface area contributed by atoms with E-state index in [1.54, 1.807) is 0 Å². The molecule has 3 aliphatic carbocycles. The van der Waals surface area contributed by atoms with Gasteiger partial charge in [0.2, 0.25) is 0 Å². The van der Waals surface area contributed by atoms with Crippen molar-refractivity contribution in [3.8, 4) is 0 Å². The highest BCUT2D eigenvalue weighted by atomic mass is 19.1. The fraction of sp³-hybridized carbons (Fsp3) is 0.160. The first-order valence-electron chi connectivity index (χ1n) is 10.2. The SMILES string of the molecule is O=C(NN1C(=O)[C@H]2C3c4ccccc4C(c4ccccc43)[C@@H]2C1=O)c1ccccc1F. The van der Waals surface area contributed by atoms with Crippen molar-refractivity contribution in [2.45, 2.75) is 11.8 Å². The van der Waals surface area contributed by atoms with E-state index in [4.69, 9.17) is 0 Å². The van der Waals surface area contributed by atoms with Crippen LogP contribution < -0.4 is 5.43 Å². The van der Waals surface area contributed by atoms with Crippen molar-refractivity contribution in [1.29, 1.82) is 0 Å². The monoisotopic (exact) mass is 412 g/mol. The van der Waals surface area contributed by atoms with Crippen molar-refractivity contribution in [3.63, 3.8) is 0 Å². The number of imide groups is 1. The summed E-state index contributed by atoms with van der Waals surface area (Å²) in [5.41, 5.74) is 6.36. The summed E-state index contributed by atoms with van der Waals surface area (Å²) in [5.74, 6) is -4.12. The molecule has 1 heterocycles. The number of benzene rings is 3. The van der Waals surface area contributed by atoms with Gasteiger partial charge in [-0.15, -0.1) is 0 Å². The molecule has 0 saturated carbocycles. The van der Waals surface area contributed by atoms with Crippen molar-refractivity contribution >= 4 is 17.7 Å². The van der Waals surface area contributed by atoms with Gasteiger partial charge in [0, 0.05) is 11.8 Å². The highest BCUT2D eigenvalue weighted by Crippen LogP contribution is 2.60. The number of hydrogen-bond acceptors (Lipinski definition) is 3. The standard InChI is InChI=1S/C25H17FN2O3/c26-18-12-6-5-11-17(18)23(29)27-28-24(30)21-19-13-7-1-2-8-14(13)20(22(21)25(28)31)16-10-4-3-9-15(16)19/h1-12,19-22H,(H,27,29)/t19?,20?,21-,22-/m0/s1. The van der Waals surface area contributed by atoms with E-state index in [1.165, 1.54) is 18.2 Å². The van der Waals surface area contributed by atoms with Crippen LogP contribution in [-0.4, -0.2) is 22.7 Å². The van der Waals surface area contributed by atoms with Crippen molar-refractivity contribution in [1.82, 2.24) is 10.4 Å². The number of nitrogens with one attached hydrogen (secondary N) is 1. The van der Waals surface area contributed by atoms with E-state index < -0.39 is 35.4 Å². The molecule has 3 aromatic carbocycles. The number of hydrogen-bond donors (Lipinski definition) is 1. The van der Waals surface area contributed by atoms with Crippen LogP contribution in [0.1, 0.15) is 44.4 Å². The highest BCUT2D eigenvalue weighted by molar-refractivity contribution is 6.09. The molecular formula is C25H17FN2O3. The maximum atomic E-state index is 14.0. The number of carbonyl (C=O) groups is 3. The van der Waals surface area contributed by atoms with Gasteiger partial charge in [0.15, 0.2) is 0 Å². The van der Waals surface area contributed by atoms with Crippen molar-refractivity contribution in [2.75, 3.05) is 0 Å². The zero-order chi connectivity index (χ0) is 21.3. The quantitative estimate of drug-likeness (QED) is 0.657. The number of carbonyl (C=O) groups excluding carboxylic acids is 3. The lowest BCUT2D eigenvalue weighted by Crippen LogP contribution is -2.47. The molecule has 1 saturated heterocycles. The summed E-state index contributed by atoms with van der Waals surface area (Å²) in [4.78, 5) is 39.5. The van der Waals surface area contributed by atoms with Gasteiger partial charge in [0.25, 0.3) is 17.7 Å². The highest BCUT2D eigenvalue weighted by Gasteiger charge is 2.62. The van der Waals surface area contributed by atoms with E-state index in [0.29, 0.717) is 0 Å². The van der Waals surface area contributed by atoms with Crippen LogP contribution in [0.5, 0.6) is 0 Å². The Hall–Kier alpha value is -3.80. The second-order valence-electron chi connectivity index (χ2n) is 8.20. The maximum absolute atomic E-state index is 14.0. The van der Waals surface area contributed by atoms with Crippen molar-refractivity contribution in [2.24, 2.45) is 11.8 Å². The molecule has 3 aromatic rings. The Bertz CT molecular complexity index is 1170. The Kier molecular flexibility index (Phi) is 3.69. The maximum Gasteiger partial charge on any atom is 0.273 e. The van der Waals surface area contributed by atoms with Crippen molar-refractivity contribution in [3.05, 3.63) is 106 Å². The predicted molar refractivity (Wildman–Crippen MR) is 109 cm³/mol. The molecule has 2 atom stereocenters. The molecule has 5 nitrogen and oxygen atoms in total. The first-order chi connectivity index (χ1) is 15.1. The second kappa shape index (κ2) is 6.35. The fourth-order valence-corrected chi connectivity index (χ4v) is 5.59. The molecule has 4 aliphatic rings. The lowest BCUT2D eigenvalue weighted by molar-refractivity contribution is -0.142. The zero-order valence-electron chi connectivity index (χ0n) is 16.3. The molecule has 6 heteroatoms. The zero-order valence-corrected chi connectivity index (χ0v) is 16.3. The van der Waals surface area contributed by atoms with Gasteiger partial charge in [-0.1, -0.05) is 60.7 Å². The smallest absolute Gasteiger partial charge is 0.272 e. The third-order valence-corrected chi connectivity index (χ3v) is 6.78. The van der Waals surface area contributed by atoms with E-state index in [9.17, 15) is 18.8 Å². The van der Waals surface area contributed by atoms with Gasteiger partial charge in [0.1, 0.15) is 5.82 Å².